The monoisotopic (exact) mass is 337 g/mol. The summed E-state index contributed by atoms with van der Waals surface area (Å²) >= 11 is 6.09. The summed E-state index contributed by atoms with van der Waals surface area (Å²) in [7, 11) is 0. The van der Waals surface area contributed by atoms with Crippen molar-refractivity contribution in [3.05, 3.63) is 34.9 Å². The van der Waals surface area contributed by atoms with E-state index in [-0.39, 0.29) is 23.9 Å². The SMILES string of the molecule is CC(C)NC(=O)N1CCCC(C(=O)NCc2ccccc2Cl)C1. The third-order valence-electron chi connectivity index (χ3n) is 3.90. The molecule has 1 aliphatic heterocycles. The van der Waals surface area contributed by atoms with Gasteiger partial charge in [-0.05, 0) is 38.3 Å². The molecule has 23 heavy (non-hydrogen) atoms. The van der Waals surface area contributed by atoms with Crippen LogP contribution in [-0.2, 0) is 11.3 Å². The van der Waals surface area contributed by atoms with Crippen LogP contribution in [-0.4, -0.2) is 36.0 Å². The van der Waals surface area contributed by atoms with Gasteiger partial charge in [0, 0.05) is 30.7 Å². The molecule has 3 amide bonds. The molecule has 0 saturated carbocycles. The van der Waals surface area contributed by atoms with Crippen molar-refractivity contribution in [1.29, 1.82) is 0 Å². The molecule has 126 valence electrons. The van der Waals surface area contributed by atoms with Gasteiger partial charge in [-0.2, -0.15) is 0 Å². The molecule has 2 N–H and O–H groups in total. The van der Waals surface area contributed by atoms with E-state index in [1.807, 2.05) is 38.1 Å². The van der Waals surface area contributed by atoms with Gasteiger partial charge < -0.3 is 15.5 Å². The standard InChI is InChI=1S/C17H24ClN3O2/c1-12(2)20-17(23)21-9-5-7-14(11-21)16(22)19-10-13-6-3-4-8-15(13)18/h3-4,6,8,12,14H,5,7,9-11H2,1-2H3,(H,19,22)(H,20,23). The molecule has 1 unspecified atom stereocenters. The van der Waals surface area contributed by atoms with Crippen LogP contribution < -0.4 is 10.6 Å². The average Bonchev–Trinajstić information content (AvgIpc) is 2.53. The number of nitrogens with zero attached hydrogens (tertiary/aromatic N) is 1. The predicted octanol–water partition coefficient (Wildman–Crippen LogP) is 2.79. The van der Waals surface area contributed by atoms with Gasteiger partial charge in [0.15, 0.2) is 0 Å². The number of hydrogen-bond acceptors (Lipinski definition) is 2. The first kappa shape index (κ1) is 17.6. The molecule has 1 aliphatic rings. The summed E-state index contributed by atoms with van der Waals surface area (Å²) in [5.41, 5.74) is 0.896. The van der Waals surface area contributed by atoms with Gasteiger partial charge in [-0.25, -0.2) is 4.79 Å². The highest BCUT2D eigenvalue weighted by Gasteiger charge is 2.28. The molecule has 0 aliphatic carbocycles. The molecular weight excluding hydrogens is 314 g/mol. The van der Waals surface area contributed by atoms with E-state index in [0.717, 1.165) is 18.4 Å². The second kappa shape index (κ2) is 8.20. The van der Waals surface area contributed by atoms with Crippen LogP contribution >= 0.6 is 11.6 Å². The van der Waals surface area contributed by atoms with E-state index in [4.69, 9.17) is 11.6 Å². The molecule has 0 aromatic heterocycles. The number of benzene rings is 1. The summed E-state index contributed by atoms with van der Waals surface area (Å²) in [6.45, 7) is 5.43. The van der Waals surface area contributed by atoms with Crippen LogP contribution in [0.5, 0.6) is 0 Å². The Morgan fingerprint density at radius 2 is 2.09 bits per heavy atom. The molecule has 0 radical (unpaired) electrons. The Hall–Kier alpha value is -1.75. The topological polar surface area (TPSA) is 61.4 Å². The summed E-state index contributed by atoms with van der Waals surface area (Å²) in [6.07, 6.45) is 1.65. The average molecular weight is 338 g/mol. The molecule has 1 fully saturated rings. The van der Waals surface area contributed by atoms with E-state index in [2.05, 4.69) is 10.6 Å². The lowest BCUT2D eigenvalue weighted by molar-refractivity contribution is -0.126. The first-order valence-corrected chi connectivity index (χ1v) is 8.41. The lowest BCUT2D eigenvalue weighted by Crippen LogP contribution is -2.50. The number of hydrogen-bond donors (Lipinski definition) is 2. The Morgan fingerprint density at radius 1 is 1.35 bits per heavy atom. The zero-order valence-corrected chi connectivity index (χ0v) is 14.4. The van der Waals surface area contributed by atoms with Crippen molar-refractivity contribution >= 4 is 23.5 Å². The number of rotatable bonds is 4. The first-order valence-electron chi connectivity index (χ1n) is 8.04. The fourth-order valence-electron chi connectivity index (χ4n) is 2.68. The van der Waals surface area contributed by atoms with E-state index < -0.39 is 0 Å². The Morgan fingerprint density at radius 3 is 2.78 bits per heavy atom. The quantitative estimate of drug-likeness (QED) is 0.887. The number of amides is 3. The van der Waals surface area contributed by atoms with Crippen molar-refractivity contribution in [1.82, 2.24) is 15.5 Å². The molecule has 2 rings (SSSR count). The summed E-state index contributed by atoms with van der Waals surface area (Å²) in [4.78, 5) is 26.2. The maximum absolute atomic E-state index is 12.4. The van der Waals surface area contributed by atoms with Crippen molar-refractivity contribution in [2.24, 2.45) is 5.92 Å². The van der Waals surface area contributed by atoms with Gasteiger partial charge in [0.1, 0.15) is 0 Å². The fraction of sp³-hybridized carbons (Fsp3) is 0.529. The fourth-order valence-corrected chi connectivity index (χ4v) is 2.88. The Labute approximate surface area is 142 Å². The highest BCUT2D eigenvalue weighted by Crippen LogP contribution is 2.18. The third kappa shape index (κ3) is 5.13. The van der Waals surface area contributed by atoms with Crippen LogP contribution in [0.4, 0.5) is 4.79 Å². The minimum atomic E-state index is -0.163. The zero-order chi connectivity index (χ0) is 16.8. The summed E-state index contributed by atoms with van der Waals surface area (Å²) in [6, 6.07) is 7.46. The first-order chi connectivity index (χ1) is 11.0. The highest BCUT2D eigenvalue weighted by atomic mass is 35.5. The largest absolute Gasteiger partial charge is 0.352 e. The van der Waals surface area contributed by atoms with Crippen LogP contribution in [0.15, 0.2) is 24.3 Å². The summed E-state index contributed by atoms with van der Waals surface area (Å²) in [5, 5.41) is 6.45. The molecule has 0 bridgehead atoms. The second-order valence-corrected chi connectivity index (χ2v) is 6.61. The van der Waals surface area contributed by atoms with Crippen LogP contribution in [0.1, 0.15) is 32.3 Å². The molecule has 0 spiro atoms. The number of likely N-dealkylation sites (tertiary alicyclic amines) is 1. The lowest BCUT2D eigenvalue weighted by Gasteiger charge is -2.32. The smallest absolute Gasteiger partial charge is 0.317 e. The molecule has 1 atom stereocenters. The number of carbonyl (C=O) groups excluding carboxylic acids is 2. The number of urea groups is 1. The van der Waals surface area contributed by atoms with Gasteiger partial charge in [0.25, 0.3) is 0 Å². The highest BCUT2D eigenvalue weighted by molar-refractivity contribution is 6.31. The molecule has 6 heteroatoms. The summed E-state index contributed by atoms with van der Waals surface area (Å²) < 4.78 is 0. The molecule has 1 heterocycles. The van der Waals surface area contributed by atoms with Crippen molar-refractivity contribution in [3.8, 4) is 0 Å². The van der Waals surface area contributed by atoms with Gasteiger partial charge in [-0.3, -0.25) is 4.79 Å². The van der Waals surface area contributed by atoms with Gasteiger partial charge in [0.2, 0.25) is 5.91 Å². The Bertz CT molecular complexity index is 563. The van der Waals surface area contributed by atoms with Gasteiger partial charge >= 0.3 is 6.03 Å². The van der Waals surface area contributed by atoms with Crippen molar-refractivity contribution in [3.63, 3.8) is 0 Å². The number of carbonyl (C=O) groups is 2. The molecule has 5 nitrogen and oxygen atoms in total. The van der Waals surface area contributed by atoms with Crippen molar-refractivity contribution in [2.45, 2.75) is 39.3 Å². The lowest BCUT2D eigenvalue weighted by atomic mass is 9.97. The predicted molar refractivity (Wildman–Crippen MR) is 91.3 cm³/mol. The number of halogens is 1. The van der Waals surface area contributed by atoms with Crippen LogP contribution in [0, 0.1) is 5.92 Å². The van der Waals surface area contributed by atoms with E-state index in [1.54, 1.807) is 4.90 Å². The van der Waals surface area contributed by atoms with Crippen LogP contribution in [0.2, 0.25) is 5.02 Å². The van der Waals surface area contributed by atoms with E-state index in [9.17, 15) is 9.59 Å². The molecule has 1 aromatic rings. The summed E-state index contributed by atoms with van der Waals surface area (Å²) in [5.74, 6) is -0.184. The minimum Gasteiger partial charge on any atom is -0.352 e. The third-order valence-corrected chi connectivity index (χ3v) is 4.27. The van der Waals surface area contributed by atoms with Crippen molar-refractivity contribution < 1.29 is 9.59 Å². The van der Waals surface area contributed by atoms with E-state index >= 15 is 0 Å². The normalized spacial score (nSPS) is 17.9. The van der Waals surface area contributed by atoms with E-state index in [0.29, 0.717) is 24.7 Å². The van der Waals surface area contributed by atoms with Crippen molar-refractivity contribution in [2.75, 3.05) is 13.1 Å². The van der Waals surface area contributed by atoms with Gasteiger partial charge in [0.05, 0.1) is 5.92 Å². The van der Waals surface area contributed by atoms with Crippen LogP contribution in [0.3, 0.4) is 0 Å². The number of piperidine rings is 1. The maximum atomic E-state index is 12.4. The molecule has 1 saturated heterocycles. The van der Waals surface area contributed by atoms with E-state index in [1.165, 1.54) is 0 Å². The second-order valence-electron chi connectivity index (χ2n) is 6.20. The van der Waals surface area contributed by atoms with Crippen LogP contribution in [0.25, 0.3) is 0 Å². The molecule has 1 aromatic carbocycles. The van der Waals surface area contributed by atoms with Gasteiger partial charge in [-0.15, -0.1) is 0 Å². The molecular formula is C17H24ClN3O2. The van der Waals surface area contributed by atoms with Gasteiger partial charge in [-0.1, -0.05) is 29.8 Å². The minimum absolute atomic E-state index is 0.0213. The Balaban J connectivity index is 1.87. The zero-order valence-electron chi connectivity index (χ0n) is 13.6. The number of nitrogens with one attached hydrogen (secondary N) is 2. The maximum Gasteiger partial charge on any atom is 0.317 e. The Kier molecular flexibility index (Phi) is 6.28.